The Bertz CT molecular complexity index is 882. The third kappa shape index (κ3) is 4.40. The number of rotatable bonds is 6. The van der Waals surface area contributed by atoms with E-state index in [0.717, 1.165) is 61.8 Å². The highest BCUT2D eigenvalue weighted by Gasteiger charge is 2.47. The topological polar surface area (TPSA) is 92.8 Å². The third-order valence-corrected chi connectivity index (χ3v) is 7.67. The van der Waals surface area contributed by atoms with E-state index in [2.05, 4.69) is 5.32 Å². The first-order chi connectivity index (χ1) is 14.9. The molecule has 1 saturated carbocycles. The molecule has 1 N–H and O–H groups in total. The summed E-state index contributed by atoms with van der Waals surface area (Å²) in [7, 11) is 0. The van der Waals surface area contributed by atoms with Crippen LogP contribution in [0.25, 0.3) is 0 Å². The number of aryl methyl sites for hydroxylation is 1. The Hall–Kier alpha value is -2.22. The van der Waals surface area contributed by atoms with Gasteiger partial charge in [-0.15, -0.1) is 11.3 Å². The summed E-state index contributed by atoms with van der Waals surface area (Å²) in [5.74, 6) is -1.37. The smallest absolute Gasteiger partial charge is 0.341 e. The van der Waals surface area contributed by atoms with Crippen LogP contribution in [-0.2, 0) is 32.0 Å². The summed E-state index contributed by atoms with van der Waals surface area (Å²) in [6.07, 6.45) is 7.06. The molecule has 1 aliphatic heterocycles. The summed E-state index contributed by atoms with van der Waals surface area (Å²) in [5.41, 5.74) is 1.47. The lowest BCUT2D eigenvalue weighted by Crippen LogP contribution is -2.34. The first kappa shape index (κ1) is 22.0. The van der Waals surface area contributed by atoms with Gasteiger partial charge in [0.15, 0.2) is 0 Å². The molecular formula is C23H30N2O5S. The van der Waals surface area contributed by atoms with Gasteiger partial charge in [0.25, 0.3) is 0 Å². The van der Waals surface area contributed by atoms with Crippen molar-refractivity contribution in [3.63, 3.8) is 0 Å². The zero-order valence-corrected chi connectivity index (χ0v) is 19.0. The Kier molecular flexibility index (Phi) is 6.46. The van der Waals surface area contributed by atoms with Crippen LogP contribution in [0.1, 0.15) is 79.6 Å². The SMILES string of the molecule is CC(C)OC(=O)c1c(NC(=O)CCN2C(=O)C3CCCCC3C2=O)sc2c1CCCC2. The Morgan fingerprint density at radius 1 is 1.06 bits per heavy atom. The molecule has 3 amide bonds. The second-order valence-electron chi connectivity index (χ2n) is 8.99. The number of esters is 1. The molecule has 1 aromatic rings. The number of fused-ring (bicyclic) bond motifs is 2. The van der Waals surface area contributed by atoms with E-state index < -0.39 is 5.97 Å². The molecule has 8 heteroatoms. The van der Waals surface area contributed by atoms with Gasteiger partial charge in [0.2, 0.25) is 17.7 Å². The van der Waals surface area contributed by atoms with Crippen LogP contribution < -0.4 is 5.32 Å². The lowest BCUT2D eigenvalue weighted by molar-refractivity contribution is -0.140. The molecule has 4 rings (SSSR count). The summed E-state index contributed by atoms with van der Waals surface area (Å²) in [4.78, 5) is 53.1. The van der Waals surface area contributed by atoms with Gasteiger partial charge >= 0.3 is 5.97 Å². The molecule has 1 saturated heterocycles. The number of anilines is 1. The maximum Gasteiger partial charge on any atom is 0.341 e. The number of likely N-dealkylation sites (tertiary alicyclic amines) is 1. The molecule has 3 aliphatic rings. The number of hydrogen-bond donors (Lipinski definition) is 1. The van der Waals surface area contributed by atoms with Crippen LogP contribution in [0.4, 0.5) is 5.00 Å². The van der Waals surface area contributed by atoms with Gasteiger partial charge < -0.3 is 10.1 Å². The van der Waals surface area contributed by atoms with E-state index in [9.17, 15) is 19.2 Å². The Balaban J connectivity index is 1.44. The van der Waals surface area contributed by atoms with E-state index in [1.165, 1.54) is 16.2 Å². The van der Waals surface area contributed by atoms with Crippen LogP contribution in [0.2, 0.25) is 0 Å². The van der Waals surface area contributed by atoms with Crippen molar-refractivity contribution in [2.24, 2.45) is 11.8 Å². The highest BCUT2D eigenvalue weighted by Crippen LogP contribution is 2.40. The van der Waals surface area contributed by atoms with Crippen molar-refractivity contribution in [2.75, 3.05) is 11.9 Å². The molecular weight excluding hydrogens is 416 g/mol. The van der Waals surface area contributed by atoms with Gasteiger partial charge in [0.05, 0.1) is 23.5 Å². The number of carbonyl (C=O) groups is 4. The molecule has 0 spiro atoms. The fraction of sp³-hybridized carbons (Fsp3) is 0.652. The van der Waals surface area contributed by atoms with Gasteiger partial charge in [-0.25, -0.2) is 4.79 Å². The van der Waals surface area contributed by atoms with E-state index in [1.54, 1.807) is 13.8 Å². The van der Waals surface area contributed by atoms with E-state index in [0.29, 0.717) is 10.6 Å². The van der Waals surface area contributed by atoms with E-state index in [1.807, 2.05) is 0 Å². The largest absolute Gasteiger partial charge is 0.459 e. The number of imide groups is 1. The molecule has 0 aromatic carbocycles. The Morgan fingerprint density at radius 2 is 1.71 bits per heavy atom. The molecule has 2 fully saturated rings. The zero-order chi connectivity index (χ0) is 22.1. The van der Waals surface area contributed by atoms with E-state index >= 15 is 0 Å². The summed E-state index contributed by atoms with van der Waals surface area (Å²) in [5, 5.41) is 3.39. The van der Waals surface area contributed by atoms with Gasteiger partial charge in [0.1, 0.15) is 5.00 Å². The van der Waals surface area contributed by atoms with Crippen LogP contribution in [-0.4, -0.2) is 41.2 Å². The zero-order valence-electron chi connectivity index (χ0n) is 18.2. The predicted molar refractivity (Wildman–Crippen MR) is 117 cm³/mol. The molecule has 2 heterocycles. The summed E-state index contributed by atoms with van der Waals surface area (Å²) >= 11 is 1.44. The monoisotopic (exact) mass is 446 g/mol. The van der Waals surface area contributed by atoms with Gasteiger partial charge in [-0.2, -0.15) is 0 Å². The maximum atomic E-state index is 12.7. The lowest BCUT2D eigenvalue weighted by atomic mass is 9.81. The average molecular weight is 447 g/mol. The van der Waals surface area contributed by atoms with Gasteiger partial charge in [-0.3, -0.25) is 19.3 Å². The van der Waals surface area contributed by atoms with Crippen molar-refractivity contribution in [2.45, 2.75) is 77.7 Å². The summed E-state index contributed by atoms with van der Waals surface area (Å²) < 4.78 is 5.43. The fourth-order valence-electron chi connectivity index (χ4n) is 5.00. The normalized spacial score (nSPS) is 23.0. The molecule has 1 aromatic heterocycles. The molecule has 2 unspecified atom stereocenters. The van der Waals surface area contributed by atoms with Crippen LogP contribution >= 0.6 is 11.3 Å². The standard InChI is InChI=1S/C23H30N2O5S/c1-13(2)30-23(29)19-16-9-5-6-10-17(16)31-20(19)24-18(26)11-12-25-21(27)14-7-3-4-8-15(14)22(25)28/h13-15H,3-12H2,1-2H3,(H,24,26). The number of hydrogen-bond acceptors (Lipinski definition) is 6. The number of ether oxygens (including phenoxy) is 1. The number of thiophene rings is 1. The second kappa shape index (κ2) is 9.10. The number of nitrogens with zero attached hydrogens (tertiary/aromatic N) is 1. The van der Waals surface area contributed by atoms with Crippen molar-refractivity contribution in [1.82, 2.24) is 4.90 Å². The molecule has 31 heavy (non-hydrogen) atoms. The van der Waals surface area contributed by atoms with Crippen molar-refractivity contribution in [1.29, 1.82) is 0 Å². The first-order valence-electron chi connectivity index (χ1n) is 11.4. The van der Waals surface area contributed by atoms with Crippen molar-refractivity contribution in [3.05, 3.63) is 16.0 Å². The molecule has 7 nitrogen and oxygen atoms in total. The third-order valence-electron chi connectivity index (χ3n) is 6.47. The average Bonchev–Trinajstić information content (AvgIpc) is 3.21. The minimum Gasteiger partial charge on any atom is -0.459 e. The molecule has 2 aliphatic carbocycles. The predicted octanol–water partition coefficient (Wildman–Crippen LogP) is 3.70. The Labute approximate surface area is 186 Å². The molecule has 2 atom stereocenters. The van der Waals surface area contributed by atoms with Gasteiger partial charge in [0, 0.05) is 17.8 Å². The van der Waals surface area contributed by atoms with Crippen LogP contribution in [0.15, 0.2) is 0 Å². The summed E-state index contributed by atoms with van der Waals surface area (Å²) in [6.45, 7) is 3.70. The van der Waals surface area contributed by atoms with Crippen molar-refractivity contribution >= 4 is 40.0 Å². The van der Waals surface area contributed by atoms with Gasteiger partial charge in [-0.05, 0) is 57.9 Å². The molecule has 168 valence electrons. The maximum absolute atomic E-state index is 12.7. The molecule has 0 bridgehead atoms. The number of nitrogens with one attached hydrogen (secondary N) is 1. The van der Waals surface area contributed by atoms with Crippen LogP contribution in [0.3, 0.4) is 0 Å². The number of amides is 3. The fourth-order valence-corrected chi connectivity index (χ4v) is 6.29. The van der Waals surface area contributed by atoms with Crippen molar-refractivity contribution in [3.8, 4) is 0 Å². The van der Waals surface area contributed by atoms with Crippen LogP contribution in [0, 0.1) is 11.8 Å². The quantitative estimate of drug-likeness (QED) is 0.531. The van der Waals surface area contributed by atoms with Crippen LogP contribution in [0.5, 0.6) is 0 Å². The highest BCUT2D eigenvalue weighted by molar-refractivity contribution is 7.17. The second-order valence-corrected chi connectivity index (χ2v) is 10.1. The minimum atomic E-state index is -0.404. The molecule has 0 radical (unpaired) electrons. The highest BCUT2D eigenvalue weighted by atomic mass is 32.1. The number of carbonyl (C=O) groups excluding carboxylic acids is 4. The lowest BCUT2D eigenvalue weighted by Gasteiger charge is -2.19. The first-order valence-corrected chi connectivity index (χ1v) is 12.2. The van der Waals surface area contributed by atoms with Crippen molar-refractivity contribution < 1.29 is 23.9 Å². The minimum absolute atomic E-state index is 0.0259. The summed E-state index contributed by atoms with van der Waals surface area (Å²) in [6, 6.07) is 0. The Morgan fingerprint density at radius 3 is 2.35 bits per heavy atom. The van der Waals surface area contributed by atoms with E-state index in [4.69, 9.17) is 4.74 Å². The van der Waals surface area contributed by atoms with Gasteiger partial charge in [-0.1, -0.05) is 12.8 Å². The van der Waals surface area contributed by atoms with E-state index in [-0.39, 0.29) is 48.6 Å².